The van der Waals surface area contributed by atoms with Crippen LogP contribution >= 0.6 is 0 Å². The monoisotopic (exact) mass is 290 g/mol. The maximum Gasteiger partial charge on any atom is 0.255 e. The molecule has 2 atom stereocenters. The van der Waals surface area contributed by atoms with Crippen LogP contribution < -0.4 is 0 Å². The second-order valence-corrected chi connectivity index (χ2v) is 6.51. The van der Waals surface area contributed by atoms with Gasteiger partial charge in [-0.25, -0.2) is 0 Å². The van der Waals surface area contributed by atoms with Crippen molar-refractivity contribution in [1.29, 1.82) is 0 Å². The first-order chi connectivity index (χ1) is 10.2. The molecule has 3 rings (SSSR count). The van der Waals surface area contributed by atoms with Gasteiger partial charge < -0.3 is 14.6 Å². The molecule has 1 heterocycles. The van der Waals surface area contributed by atoms with Gasteiger partial charge in [0.2, 0.25) is 0 Å². The number of rotatable bonds is 4. The summed E-state index contributed by atoms with van der Waals surface area (Å²) in [6.45, 7) is 2.84. The van der Waals surface area contributed by atoms with Gasteiger partial charge in [-0.2, -0.15) is 0 Å². The van der Waals surface area contributed by atoms with E-state index in [1.54, 1.807) is 12.4 Å². The number of hydrogen-bond donors (Lipinski definition) is 1. The molecule has 0 radical (unpaired) electrons. The third-order valence-corrected chi connectivity index (χ3v) is 5.53. The molecule has 0 bridgehead atoms. The van der Waals surface area contributed by atoms with Gasteiger partial charge in [0.05, 0.1) is 11.7 Å². The van der Waals surface area contributed by atoms with Crippen LogP contribution in [0.1, 0.15) is 55.8 Å². The molecule has 0 saturated heterocycles. The van der Waals surface area contributed by atoms with Gasteiger partial charge in [0.25, 0.3) is 5.91 Å². The number of hydrogen-bond acceptors (Lipinski definition) is 2. The van der Waals surface area contributed by atoms with Crippen molar-refractivity contribution in [2.45, 2.75) is 57.6 Å². The normalized spacial score (nSPS) is 27.3. The third-order valence-electron chi connectivity index (χ3n) is 5.53. The molecule has 2 aliphatic carbocycles. The molecule has 1 aromatic rings. The molecule has 4 nitrogen and oxygen atoms in total. The van der Waals surface area contributed by atoms with E-state index in [4.69, 9.17) is 4.74 Å². The van der Waals surface area contributed by atoms with E-state index in [9.17, 15) is 4.79 Å². The summed E-state index contributed by atoms with van der Waals surface area (Å²) >= 11 is 0. The van der Waals surface area contributed by atoms with Crippen molar-refractivity contribution >= 4 is 5.91 Å². The Hall–Kier alpha value is -1.29. The second kappa shape index (κ2) is 5.84. The Bertz CT molecular complexity index is 477. The molecular formula is C17H26N2O2. The lowest BCUT2D eigenvalue weighted by molar-refractivity contribution is -0.170. The highest BCUT2D eigenvalue weighted by Crippen LogP contribution is 2.55. The number of carbonyl (C=O) groups excluding carboxylic acids is 1. The smallest absolute Gasteiger partial charge is 0.255 e. The van der Waals surface area contributed by atoms with Crippen LogP contribution in [0.4, 0.5) is 0 Å². The van der Waals surface area contributed by atoms with E-state index >= 15 is 0 Å². The van der Waals surface area contributed by atoms with E-state index in [0.29, 0.717) is 12.1 Å². The molecule has 2 aliphatic rings. The Morgan fingerprint density at radius 3 is 2.81 bits per heavy atom. The summed E-state index contributed by atoms with van der Waals surface area (Å²) in [5, 5.41) is 0. The molecule has 116 valence electrons. The van der Waals surface area contributed by atoms with Crippen LogP contribution in [0.3, 0.4) is 0 Å². The largest absolute Gasteiger partial charge is 0.378 e. The van der Waals surface area contributed by atoms with Crippen LogP contribution in [-0.4, -0.2) is 41.6 Å². The van der Waals surface area contributed by atoms with Gasteiger partial charge in [-0.1, -0.05) is 19.3 Å². The van der Waals surface area contributed by atoms with Gasteiger partial charge >= 0.3 is 0 Å². The highest BCUT2D eigenvalue weighted by atomic mass is 16.5. The lowest BCUT2D eigenvalue weighted by Gasteiger charge is -2.60. The van der Waals surface area contributed by atoms with Crippen LogP contribution in [-0.2, 0) is 4.74 Å². The first-order valence-electron chi connectivity index (χ1n) is 8.20. The van der Waals surface area contributed by atoms with Gasteiger partial charge in [0.15, 0.2) is 0 Å². The zero-order chi connectivity index (χ0) is 14.9. The molecule has 0 aliphatic heterocycles. The summed E-state index contributed by atoms with van der Waals surface area (Å²) in [5.41, 5.74) is 0.956. The summed E-state index contributed by atoms with van der Waals surface area (Å²) < 4.78 is 5.98. The Labute approximate surface area is 126 Å². The standard InChI is InChI=1S/C17H26N2O2/c1-3-21-15-11-14(17(15)8-5-4-6-9-17)19(2)16(20)13-7-10-18-12-13/h7,10,12,14-15,18H,3-6,8-9,11H2,1-2H3/t14-,15-/m1/s1. The van der Waals surface area contributed by atoms with Crippen molar-refractivity contribution in [3.05, 3.63) is 24.0 Å². The highest BCUT2D eigenvalue weighted by Gasteiger charge is 2.57. The summed E-state index contributed by atoms with van der Waals surface area (Å²) in [7, 11) is 1.96. The topological polar surface area (TPSA) is 45.3 Å². The lowest BCUT2D eigenvalue weighted by atomic mass is 9.54. The van der Waals surface area contributed by atoms with Crippen molar-refractivity contribution < 1.29 is 9.53 Å². The molecule has 2 saturated carbocycles. The average molecular weight is 290 g/mol. The molecule has 2 fully saturated rings. The lowest BCUT2D eigenvalue weighted by Crippen LogP contribution is -2.65. The fourth-order valence-corrected chi connectivity index (χ4v) is 4.37. The third kappa shape index (κ3) is 2.39. The molecule has 1 N–H and O–H groups in total. The number of ether oxygens (including phenoxy) is 1. The van der Waals surface area contributed by atoms with Crippen molar-refractivity contribution in [2.75, 3.05) is 13.7 Å². The van der Waals surface area contributed by atoms with Crippen LogP contribution in [0.15, 0.2) is 18.5 Å². The van der Waals surface area contributed by atoms with Crippen molar-refractivity contribution in [3.8, 4) is 0 Å². The molecule has 1 amide bonds. The second-order valence-electron chi connectivity index (χ2n) is 6.51. The van der Waals surface area contributed by atoms with E-state index in [2.05, 4.69) is 11.9 Å². The average Bonchev–Trinajstić information content (AvgIpc) is 3.05. The number of aromatic amines is 1. The maximum atomic E-state index is 12.6. The maximum absolute atomic E-state index is 12.6. The summed E-state index contributed by atoms with van der Waals surface area (Å²) in [6, 6.07) is 2.18. The highest BCUT2D eigenvalue weighted by molar-refractivity contribution is 5.94. The Balaban J connectivity index is 1.76. The molecule has 0 unspecified atom stereocenters. The number of amides is 1. The number of H-pyrrole nitrogens is 1. The van der Waals surface area contributed by atoms with Gasteiger partial charge in [-0.3, -0.25) is 4.79 Å². The van der Waals surface area contributed by atoms with Crippen molar-refractivity contribution in [2.24, 2.45) is 5.41 Å². The van der Waals surface area contributed by atoms with Crippen LogP contribution in [0.2, 0.25) is 0 Å². The van der Waals surface area contributed by atoms with Crippen LogP contribution in [0, 0.1) is 5.41 Å². The summed E-state index contributed by atoms with van der Waals surface area (Å²) in [5.74, 6) is 0.126. The number of nitrogens with zero attached hydrogens (tertiary/aromatic N) is 1. The summed E-state index contributed by atoms with van der Waals surface area (Å²) in [4.78, 5) is 17.5. The van der Waals surface area contributed by atoms with E-state index in [0.717, 1.165) is 18.6 Å². The first kappa shape index (κ1) is 14.6. The molecule has 0 aromatic carbocycles. The van der Waals surface area contributed by atoms with Crippen molar-refractivity contribution in [1.82, 2.24) is 9.88 Å². The molecular weight excluding hydrogens is 264 g/mol. The van der Waals surface area contributed by atoms with E-state index in [-0.39, 0.29) is 11.3 Å². The van der Waals surface area contributed by atoms with E-state index in [1.165, 1.54) is 32.1 Å². The first-order valence-corrected chi connectivity index (χ1v) is 8.20. The molecule has 1 aromatic heterocycles. The molecule has 21 heavy (non-hydrogen) atoms. The fraction of sp³-hybridized carbons (Fsp3) is 0.706. The minimum absolute atomic E-state index is 0.126. The predicted molar refractivity (Wildman–Crippen MR) is 82.2 cm³/mol. The SMILES string of the molecule is CCO[C@@H]1C[C@@H](N(C)C(=O)c2cc[nH]c2)C12CCCCC2. The quantitative estimate of drug-likeness (QED) is 0.925. The number of nitrogens with one attached hydrogen (secondary N) is 1. The molecule has 1 spiro atoms. The molecule has 4 heteroatoms. The minimum Gasteiger partial charge on any atom is -0.378 e. The predicted octanol–water partition coefficient (Wildman–Crippen LogP) is 3.21. The Morgan fingerprint density at radius 2 is 2.19 bits per heavy atom. The Morgan fingerprint density at radius 1 is 1.43 bits per heavy atom. The van der Waals surface area contributed by atoms with Crippen molar-refractivity contribution in [3.63, 3.8) is 0 Å². The summed E-state index contributed by atoms with van der Waals surface area (Å²) in [6.07, 6.45) is 11.2. The Kier molecular flexibility index (Phi) is 4.07. The zero-order valence-corrected chi connectivity index (χ0v) is 13.1. The zero-order valence-electron chi connectivity index (χ0n) is 13.1. The van der Waals surface area contributed by atoms with E-state index in [1.807, 2.05) is 18.0 Å². The fourth-order valence-electron chi connectivity index (χ4n) is 4.37. The van der Waals surface area contributed by atoms with Gasteiger partial charge in [-0.15, -0.1) is 0 Å². The van der Waals surface area contributed by atoms with Crippen LogP contribution in [0.5, 0.6) is 0 Å². The van der Waals surface area contributed by atoms with Gasteiger partial charge in [0.1, 0.15) is 0 Å². The van der Waals surface area contributed by atoms with Crippen LogP contribution in [0.25, 0.3) is 0 Å². The minimum atomic E-state index is 0.126. The number of carbonyl (C=O) groups is 1. The number of aromatic nitrogens is 1. The van der Waals surface area contributed by atoms with Gasteiger partial charge in [-0.05, 0) is 32.3 Å². The van der Waals surface area contributed by atoms with E-state index < -0.39 is 0 Å². The van der Waals surface area contributed by atoms with Gasteiger partial charge in [0, 0.05) is 37.5 Å².